The zero-order chi connectivity index (χ0) is 34.7. The molecule has 1 amide bonds. The van der Waals surface area contributed by atoms with Crippen LogP contribution in [0.3, 0.4) is 0 Å². The van der Waals surface area contributed by atoms with E-state index in [9.17, 15) is 14.0 Å². The highest BCUT2D eigenvalue weighted by Crippen LogP contribution is 2.49. The van der Waals surface area contributed by atoms with E-state index in [0.717, 1.165) is 12.5 Å². The number of fused-ring (bicyclic) bond motifs is 3. The SMILES string of the molecule is CCOc1ccn(-c2ccc(F)cc2)c(=O)c1C(=O)Nc1ccc(Oc2ccnc3cc(OC(CC)N(C)C)c4c(c23)OCCO4)c(F)c1. The fourth-order valence-electron chi connectivity index (χ4n) is 5.43. The molecule has 11 nitrogen and oxygen atoms in total. The summed E-state index contributed by atoms with van der Waals surface area (Å²) in [6.45, 7) is 4.52. The molecule has 3 aromatic carbocycles. The Morgan fingerprint density at radius 1 is 0.959 bits per heavy atom. The number of hydrogen-bond acceptors (Lipinski definition) is 9. The summed E-state index contributed by atoms with van der Waals surface area (Å²) in [6.07, 6.45) is 3.46. The van der Waals surface area contributed by atoms with Crippen LogP contribution in [0.4, 0.5) is 14.5 Å². The summed E-state index contributed by atoms with van der Waals surface area (Å²) >= 11 is 0. The fraction of sp³-hybridized carbons (Fsp3) is 0.250. The Bertz CT molecular complexity index is 2070. The number of pyridine rings is 2. The van der Waals surface area contributed by atoms with Gasteiger partial charge in [0.2, 0.25) is 5.75 Å². The van der Waals surface area contributed by atoms with Crippen molar-refractivity contribution in [3.8, 4) is 40.2 Å². The number of ether oxygens (including phenoxy) is 5. The molecular weight excluding hydrogens is 638 g/mol. The molecule has 49 heavy (non-hydrogen) atoms. The maximum Gasteiger partial charge on any atom is 0.271 e. The second-order valence-corrected chi connectivity index (χ2v) is 11.2. The lowest BCUT2D eigenvalue weighted by Crippen LogP contribution is -2.33. The quantitative estimate of drug-likeness (QED) is 0.156. The minimum Gasteiger partial charge on any atom is -0.493 e. The van der Waals surface area contributed by atoms with E-state index < -0.39 is 23.1 Å². The van der Waals surface area contributed by atoms with Crippen molar-refractivity contribution < 1.29 is 37.3 Å². The Morgan fingerprint density at radius 2 is 1.71 bits per heavy atom. The molecule has 1 aliphatic heterocycles. The van der Waals surface area contributed by atoms with Gasteiger partial charge in [-0.15, -0.1) is 0 Å². The van der Waals surface area contributed by atoms with Gasteiger partial charge in [0.05, 0.1) is 17.5 Å². The minimum absolute atomic E-state index is 0.0448. The molecule has 0 saturated carbocycles. The third-order valence-electron chi connectivity index (χ3n) is 7.73. The van der Waals surface area contributed by atoms with E-state index in [-0.39, 0.29) is 47.9 Å². The summed E-state index contributed by atoms with van der Waals surface area (Å²) in [5.74, 6) is -0.660. The van der Waals surface area contributed by atoms with Gasteiger partial charge in [0, 0.05) is 35.9 Å². The van der Waals surface area contributed by atoms with Crippen LogP contribution in [0, 0.1) is 11.6 Å². The van der Waals surface area contributed by atoms with Crippen molar-refractivity contribution in [1.82, 2.24) is 14.5 Å². The highest BCUT2D eigenvalue weighted by atomic mass is 19.1. The second-order valence-electron chi connectivity index (χ2n) is 11.2. The summed E-state index contributed by atoms with van der Waals surface area (Å²) in [6, 6.07) is 13.9. The number of aromatic nitrogens is 2. The van der Waals surface area contributed by atoms with E-state index in [1.165, 1.54) is 59.4 Å². The third-order valence-corrected chi connectivity index (χ3v) is 7.73. The normalized spacial score (nSPS) is 12.9. The van der Waals surface area contributed by atoms with Crippen molar-refractivity contribution >= 4 is 22.5 Å². The third kappa shape index (κ3) is 6.83. The van der Waals surface area contributed by atoms with E-state index in [2.05, 4.69) is 10.3 Å². The number of carbonyl (C=O) groups is 1. The van der Waals surface area contributed by atoms with Gasteiger partial charge >= 0.3 is 0 Å². The van der Waals surface area contributed by atoms with Crippen LogP contribution < -0.4 is 34.6 Å². The summed E-state index contributed by atoms with van der Waals surface area (Å²) in [4.78, 5) is 33.3. The molecule has 1 unspecified atom stereocenters. The number of amides is 1. The Labute approximate surface area is 280 Å². The summed E-state index contributed by atoms with van der Waals surface area (Å²) in [5, 5.41) is 3.05. The van der Waals surface area contributed by atoms with Crippen molar-refractivity contribution in [1.29, 1.82) is 0 Å². The van der Waals surface area contributed by atoms with Crippen LogP contribution in [0.15, 0.2) is 77.9 Å². The van der Waals surface area contributed by atoms with Crippen molar-refractivity contribution in [2.45, 2.75) is 26.5 Å². The average molecular weight is 673 g/mol. The van der Waals surface area contributed by atoms with Gasteiger partial charge in [-0.05, 0) is 76.0 Å². The number of hydrogen-bond donors (Lipinski definition) is 1. The van der Waals surface area contributed by atoms with Crippen LogP contribution in [0.25, 0.3) is 16.6 Å². The lowest BCUT2D eigenvalue weighted by atomic mass is 10.1. The number of benzene rings is 3. The topological polar surface area (TPSA) is 113 Å². The minimum atomic E-state index is -0.820. The Hall–Kier alpha value is -5.69. The highest BCUT2D eigenvalue weighted by molar-refractivity contribution is 6.06. The smallest absolute Gasteiger partial charge is 0.271 e. The lowest BCUT2D eigenvalue weighted by molar-refractivity contribution is 0.0549. The Kier molecular flexibility index (Phi) is 9.63. The molecule has 13 heteroatoms. The molecule has 6 rings (SSSR count). The van der Waals surface area contributed by atoms with E-state index >= 15 is 4.39 Å². The number of halogens is 2. The van der Waals surface area contributed by atoms with E-state index in [1.54, 1.807) is 19.1 Å². The molecule has 5 aromatic rings. The first-order valence-electron chi connectivity index (χ1n) is 15.7. The first-order valence-corrected chi connectivity index (χ1v) is 15.7. The molecule has 254 valence electrons. The van der Waals surface area contributed by atoms with Gasteiger partial charge in [-0.2, -0.15) is 0 Å². The first kappa shape index (κ1) is 33.2. The van der Waals surface area contributed by atoms with Crippen LogP contribution in [0.2, 0.25) is 0 Å². The van der Waals surface area contributed by atoms with Crippen LogP contribution >= 0.6 is 0 Å². The van der Waals surface area contributed by atoms with Crippen LogP contribution in [-0.4, -0.2) is 60.5 Å². The van der Waals surface area contributed by atoms with Crippen LogP contribution in [0.5, 0.6) is 34.5 Å². The molecule has 2 aromatic heterocycles. The summed E-state index contributed by atoms with van der Waals surface area (Å²) in [5.41, 5.74) is -0.0936. The largest absolute Gasteiger partial charge is 0.493 e. The number of rotatable bonds is 11. The highest BCUT2D eigenvalue weighted by Gasteiger charge is 2.27. The van der Waals surface area contributed by atoms with Crippen LogP contribution in [0.1, 0.15) is 30.6 Å². The predicted octanol–water partition coefficient (Wildman–Crippen LogP) is 6.55. The molecular formula is C36H34F2N4O7. The Morgan fingerprint density at radius 3 is 2.41 bits per heavy atom. The zero-order valence-electron chi connectivity index (χ0n) is 27.3. The molecule has 0 radical (unpaired) electrons. The predicted molar refractivity (Wildman–Crippen MR) is 179 cm³/mol. The fourth-order valence-corrected chi connectivity index (χ4v) is 5.43. The molecule has 0 fully saturated rings. The van der Waals surface area contributed by atoms with E-state index in [4.69, 9.17) is 23.7 Å². The number of anilines is 1. The second kappa shape index (κ2) is 14.2. The number of nitrogens with one attached hydrogen (secondary N) is 1. The maximum absolute atomic E-state index is 15.6. The maximum atomic E-state index is 15.6. The summed E-state index contributed by atoms with van der Waals surface area (Å²) in [7, 11) is 3.83. The van der Waals surface area contributed by atoms with Gasteiger partial charge in [0.1, 0.15) is 36.1 Å². The first-order chi connectivity index (χ1) is 23.7. The Balaban J connectivity index is 1.29. The van der Waals surface area contributed by atoms with Crippen molar-refractivity contribution in [3.63, 3.8) is 0 Å². The molecule has 0 bridgehead atoms. The van der Waals surface area contributed by atoms with Crippen molar-refractivity contribution in [2.24, 2.45) is 0 Å². The average Bonchev–Trinajstić information content (AvgIpc) is 3.09. The standard InChI is InChI=1S/C36H34F2N4O7/c1-5-30(41(3)4)49-29-20-25-31(34-33(29)46-17-18-47-34)28(13-15-39-25)48-26-12-9-22(19-24(26)38)40-35(43)32-27(45-6-2)14-16-42(36(32)44)23-10-7-21(37)8-11-23/h7-16,19-20,30H,5-6,17-18H2,1-4H3,(H,40,43). The number of carbonyl (C=O) groups excluding carboxylic acids is 1. The number of nitrogens with zero attached hydrogens (tertiary/aromatic N) is 3. The van der Waals surface area contributed by atoms with Gasteiger partial charge < -0.3 is 29.0 Å². The molecule has 0 spiro atoms. The van der Waals surface area contributed by atoms with E-state index in [0.29, 0.717) is 40.4 Å². The molecule has 3 heterocycles. The molecule has 0 saturated heterocycles. The lowest BCUT2D eigenvalue weighted by Gasteiger charge is -2.28. The molecule has 0 aliphatic carbocycles. The summed E-state index contributed by atoms with van der Waals surface area (Å²) < 4.78 is 60.1. The van der Waals surface area contributed by atoms with E-state index in [1.807, 2.05) is 25.9 Å². The zero-order valence-corrected chi connectivity index (χ0v) is 27.3. The van der Waals surface area contributed by atoms with Gasteiger partial charge in [-0.1, -0.05) is 6.92 Å². The van der Waals surface area contributed by atoms with Crippen LogP contribution in [-0.2, 0) is 0 Å². The van der Waals surface area contributed by atoms with Gasteiger partial charge in [-0.25, -0.2) is 8.78 Å². The van der Waals surface area contributed by atoms with Crippen molar-refractivity contribution in [2.75, 3.05) is 39.2 Å². The van der Waals surface area contributed by atoms with Gasteiger partial charge in [-0.3, -0.25) is 24.0 Å². The molecule has 1 N–H and O–H groups in total. The molecule has 1 atom stereocenters. The molecule has 1 aliphatic rings. The van der Waals surface area contributed by atoms with Crippen molar-refractivity contribution in [3.05, 3.63) is 101 Å². The monoisotopic (exact) mass is 672 g/mol. The van der Waals surface area contributed by atoms with Gasteiger partial charge in [0.25, 0.3) is 11.5 Å². The van der Waals surface area contributed by atoms with Gasteiger partial charge in [0.15, 0.2) is 29.3 Å².